The van der Waals surface area contributed by atoms with E-state index < -0.39 is 5.91 Å². The van der Waals surface area contributed by atoms with Gasteiger partial charge in [-0.05, 0) is 48.7 Å². The molecule has 0 bridgehead atoms. The number of nitrogens with one attached hydrogen (secondary N) is 1. The number of amides is 2. The molecule has 1 aromatic heterocycles. The van der Waals surface area contributed by atoms with Crippen molar-refractivity contribution in [3.8, 4) is 6.07 Å². The topological polar surface area (TPSA) is 86.3 Å². The lowest BCUT2D eigenvalue weighted by atomic mass is 10.1. The maximum Gasteiger partial charge on any atom is 0.266 e. The van der Waals surface area contributed by atoms with Crippen LogP contribution in [0, 0.1) is 17.2 Å². The first kappa shape index (κ1) is 18.5. The molecule has 0 aliphatic heterocycles. The molecule has 1 heterocycles. The Hall–Kier alpha value is -3.33. The summed E-state index contributed by atoms with van der Waals surface area (Å²) in [5.74, 6) is 1.80. The van der Waals surface area contributed by atoms with Gasteiger partial charge in [-0.25, -0.2) is 0 Å². The molecule has 0 unspecified atom stereocenters. The largest absolute Gasteiger partial charge is 0.461 e. The van der Waals surface area contributed by atoms with Gasteiger partial charge in [0.05, 0.1) is 0 Å². The second-order valence-corrected chi connectivity index (χ2v) is 6.96. The lowest BCUT2D eigenvalue weighted by Gasteiger charge is -2.10. The van der Waals surface area contributed by atoms with Gasteiger partial charge in [-0.1, -0.05) is 6.92 Å². The van der Waals surface area contributed by atoms with E-state index in [1.807, 2.05) is 12.1 Å². The first-order valence-corrected chi connectivity index (χ1v) is 8.73. The number of rotatable bonds is 5. The lowest BCUT2D eigenvalue weighted by Crippen LogP contribution is -2.21. The summed E-state index contributed by atoms with van der Waals surface area (Å²) in [6, 6.07) is 12.1. The molecule has 2 atom stereocenters. The van der Waals surface area contributed by atoms with Crippen molar-refractivity contribution in [2.75, 3.05) is 19.4 Å². The zero-order chi connectivity index (χ0) is 19.6. The molecule has 2 amide bonds. The van der Waals surface area contributed by atoms with Crippen LogP contribution >= 0.6 is 0 Å². The molecule has 0 radical (unpaired) electrons. The third kappa shape index (κ3) is 4.26. The summed E-state index contributed by atoms with van der Waals surface area (Å²) in [7, 11) is 3.35. The number of anilines is 1. The van der Waals surface area contributed by atoms with Crippen LogP contribution in [0.1, 0.15) is 41.1 Å². The van der Waals surface area contributed by atoms with Crippen molar-refractivity contribution in [3.05, 3.63) is 59.1 Å². The summed E-state index contributed by atoms with van der Waals surface area (Å²) in [6.45, 7) is 2.16. The average molecular weight is 363 g/mol. The van der Waals surface area contributed by atoms with Crippen molar-refractivity contribution >= 4 is 23.6 Å². The minimum atomic E-state index is -0.526. The quantitative estimate of drug-likeness (QED) is 0.649. The molecule has 6 nitrogen and oxygen atoms in total. The van der Waals surface area contributed by atoms with Crippen LogP contribution in [0.2, 0.25) is 0 Å². The van der Waals surface area contributed by atoms with Crippen molar-refractivity contribution in [2.45, 2.75) is 19.3 Å². The molecule has 1 aliphatic carbocycles. The van der Waals surface area contributed by atoms with Gasteiger partial charge in [-0.2, -0.15) is 5.26 Å². The summed E-state index contributed by atoms with van der Waals surface area (Å²) in [4.78, 5) is 25.7. The van der Waals surface area contributed by atoms with E-state index in [1.54, 1.807) is 44.4 Å². The van der Waals surface area contributed by atoms with Crippen molar-refractivity contribution in [2.24, 2.45) is 5.92 Å². The Balaban J connectivity index is 1.69. The molecule has 1 aromatic carbocycles. The summed E-state index contributed by atoms with van der Waals surface area (Å²) in [5, 5.41) is 12.0. The van der Waals surface area contributed by atoms with Crippen LogP contribution in [0.25, 0.3) is 6.08 Å². The first-order chi connectivity index (χ1) is 12.9. The number of carbonyl (C=O) groups excluding carboxylic acids is 2. The number of carbonyl (C=O) groups is 2. The van der Waals surface area contributed by atoms with Crippen molar-refractivity contribution in [3.63, 3.8) is 0 Å². The van der Waals surface area contributed by atoms with E-state index in [0.29, 0.717) is 28.8 Å². The fraction of sp³-hybridized carbons (Fsp3) is 0.286. The van der Waals surface area contributed by atoms with Gasteiger partial charge in [0.15, 0.2) is 0 Å². The van der Waals surface area contributed by atoms with E-state index in [4.69, 9.17) is 4.42 Å². The Kier molecular flexibility index (Phi) is 5.13. The van der Waals surface area contributed by atoms with E-state index >= 15 is 0 Å². The molecular formula is C21H21N3O3. The van der Waals surface area contributed by atoms with Crippen LogP contribution in [0.15, 0.2) is 46.4 Å². The van der Waals surface area contributed by atoms with Gasteiger partial charge >= 0.3 is 0 Å². The molecule has 1 N–H and O–H groups in total. The van der Waals surface area contributed by atoms with Gasteiger partial charge in [-0.15, -0.1) is 0 Å². The zero-order valence-electron chi connectivity index (χ0n) is 15.5. The number of benzene rings is 1. The SMILES string of the molecule is C[C@H]1C[C@H]1c1ccc(/C=C(\C#N)C(=O)Nc2ccc(C(=O)N(C)C)cc2)o1. The van der Waals surface area contributed by atoms with Crippen LogP contribution in [-0.4, -0.2) is 30.8 Å². The average Bonchev–Trinajstić information content (AvgIpc) is 3.20. The number of nitrogens with zero attached hydrogens (tertiary/aromatic N) is 2. The molecule has 0 saturated heterocycles. The van der Waals surface area contributed by atoms with E-state index in [0.717, 1.165) is 12.2 Å². The van der Waals surface area contributed by atoms with Crippen molar-refractivity contribution in [1.82, 2.24) is 4.90 Å². The van der Waals surface area contributed by atoms with Gasteiger partial charge in [0, 0.05) is 37.3 Å². The third-order valence-electron chi connectivity index (χ3n) is 4.57. The maximum absolute atomic E-state index is 12.4. The first-order valence-electron chi connectivity index (χ1n) is 8.73. The van der Waals surface area contributed by atoms with E-state index in [-0.39, 0.29) is 11.5 Å². The highest BCUT2D eigenvalue weighted by atomic mass is 16.3. The summed E-state index contributed by atoms with van der Waals surface area (Å²) in [6.07, 6.45) is 2.55. The van der Waals surface area contributed by atoms with Crippen LogP contribution in [0.3, 0.4) is 0 Å². The summed E-state index contributed by atoms with van der Waals surface area (Å²) < 4.78 is 5.73. The predicted molar refractivity (Wildman–Crippen MR) is 102 cm³/mol. The third-order valence-corrected chi connectivity index (χ3v) is 4.57. The normalized spacial score (nSPS) is 18.5. The van der Waals surface area contributed by atoms with Crippen LogP contribution in [0.4, 0.5) is 5.69 Å². The number of nitriles is 1. The molecule has 6 heteroatoms. The maximum atomic E-state index is 12.4. The van der Waals surface area contributed by atoms with Gasteiger partial charge < -0.3 is 14.6 Å². The lowest BCUT2D eigenvalue weighted by molar-refractivity contribution is -0.112. The Labute approximate surface area is 158 Å². The monoisotopic (exact) mass is 363 g/mol. The molecular weight excluding hydrogens is 342 g/mol. The van der Waals surface area contributed by atoms with Crippen LogP contribution < -0.4 is 5.32 Å². The summed E-state index contributed by atoms with van der Waals surface area (Å²) in [5.41, 5.74) is 0.975. The predicted octanol–water partition coefficient (Wildman–Crippen LogP) is 3.65. The van der Waals surface area contributed by atoms with E-state index in [9.17, 15) is 14.9 Å². The Morgan fingerprint density at radius 2 is 1.89 bits per heavy atom. The molecule has 3 rings (SSSR count). The van der Waals surface area contributed by atoms with E-state index in [2.05, 4.69) is 12.2 Å². The number of hydrogen-bond acceptors (Lipinski definition) is 4. The molecule has 27 heavy (non-hydrogen) atoms. The fourth-order valence-electron chi connectivity index (χ4n) is 2.81. The highest BCUT2D eigenvalue weighted by Crippen LogP contribution is 2.47. The van der Waals surface area contributed by atoms with Gasteiger partial charge in [0.1, 0.15) is 23.2 Å². The number of hydrogen-bond donors (Lipinski definition) is 1. The Morgan fingerprint density at radius 1 is 1.22 bits per heavy atom. The molecule has 2 aromatic rings. The fourth-order valence-corrected chi connectivity index (χ4v) is 2.81. The number of furan rings is 1. The molecule has 138 valence electrons. The van der Waals surface area contributed by atoms with Gasteiger partial charge in [0.2, 0.25) is 0 Å². The minimum absolute atomic E-state index is 0.0480. The van der Waals surface area contributed by atoms with Crippen LogP contribution in [-0.2, 0) is 4.79 Å². The Morgan fingerprint density at radius 3 is 2.44 bits per heavy atom. The van der Waals surface area contributed by atoms with Gasteiger partial charge in [-0.3, -0.25) is 9.59 Å². The van der Waals surface area contributed by atoms with Crippen molar-refractivity contribution in [1.29, 1.82) is 5.26 Å². The highest BCUT2D eigenvalue weighted by Gasteiger charge is 2.36. The van der Waals surface area contributed by atoms with Crippen molar-refractivity contribution < 1.29 is 14.0 Å². The standard InChI is InChI=1S/C21H21N3O3/c1-13-10-18(13)19-9-8-17(27-19)11-15(12-22)20(25)23-16-6-4-14(5-7-16)21(26)24(2)3/h4-9,11,13,18H,10H2,1-3H3,(H,23,25)/b15-11+/t13-,18+/m0/s1. The minimum Gasteiger partial charge on any atom is -0.461 e. The second kappa shape index (κ2) is 7.50. The highest BCUT2D eigenvalue weighted by molar-refractivity contribution is 6.09. The summed E-state index contributed by atoms with van der Waals surface area (Å²) >= 11 is 0. The van der Waals surface area contributed by atoms with E-state index in [1.165, 1.54) is 11.0 Å². The van der Waals surface area contributed by atoms with Crippen LogP contribution in [0.5, 0.6) is 0 Å². The van der Waals surface area contributed by atoms with Gasteiger partial charge in [0.25, 0.3) is 11.8 Å². The Bertz CT molecular complexity index is 932. The second-order valence-electron chi connectivity index (χ2n) is 6.96. The molecule has 1 aliphatic rings. The molecule has 1 saturated carbocycles. The molecule has 0 spiro atoms. The molecule has 1 fully saturated rings. The zero-order valence-corrected chi connectivity index (χ0v) is 15.5. The smallest absolute Gasteiger partial charge is 0.266 e.